The Morgan fingerprint density at radius 3 is 2.39 bits per heavy atom. The third-order valence-electron chi connectivity index (χ3n) is 5.12. The summed E-state index contributed by atoms with van der Waals surface area (Å²) in [6, 6.07) is 7.46. The summed E-state index contributed by atoms with van der Waals surface area (Å²) in [6.45, 7) is 6.12. The first-order valence-corrected chi connectivity index (χ1v) is 9.70. The molecule has 1 aliphatic heterocycles. The number of aryl methyl sites for hydroxylation is 1. The molecule has 0 unspecified atom stereocenters. The zero-order chi connectivity index (χ0) is 20.3. The van der Waals surface area contributed by atoms with Crippen molar-refractivity contribution >= 4 is 23.6 Å². The lowest BCUT2D eigenvalue weighted by Gasteiger charge is -2.21. The van der Waals surface area contributed by atoms with E-state index in [0.717, 1.165) is 29.1 Å². The van der Waals surface area contributed by atoms with Crippen LogP contribution in [0.15, 0.2) is 24.3 Å². The fourth-order valence-corrected chi connectivity index (χ4v) is 3.63. The van der Waals surface area contributed by atoms with Crippen LogP contribution in [0, 0.1) is 13.8 Å². The van der Waals surface area contributed by atoms with E-state index in [1.165, 1.54) is 7.11 Å². The molecule has 7 nitrogen and oxygen atoms in total. The Labute approximate surface area is 169 Å². The average molecular weight is 405 g/mol. The highest BCUT2D eigenvalue weighted by Gasteiger charge is 2.24. The normalized spacial score (nSPS) is 14.7. The van der Waals surface area contributed by atoms with E-state index in [0.29, 0.717) is 37.6 Å². The molecule has 0 saturated carbocycles. The van der Waals surface area contributed by atoms with E-state index in [1.807, 2.05) is 47.7 Å². The molecule has 2 aromatic rings. The van der Waals surface area contributed by atoms with Gasteiger partial charge in [-0.2, -0.15) is 5.10 Å². The van der Waals surface area contributed by atoms with Gasteiger partial charge in [-0.3, -0.25) is 4.79 Å². The lowest BCUT2D eigenvalue weighted by Crippen LogP contribution is -2.38. The number of ether oxygens (including phenoxy) is 1. The predicted octanol–water partition coefficient (Wildman–Crippen LogP) is 2.99. The van der Waals surface area contributed by atoms with Gasteiger partial charge in [0.2, 0.25) is 5.91 Å². The summed E-state index contributed by atoms with van der Waals surface area (Å²) in [5.41, 5.74) is 3.63. The van der Waals surface area contributed by atoms with Crippen LogP contribution in [-0.2, 0) is 16.0 Å². The minimum Gasteiger partial charge on any atom is -0.453 e. The highest BCUT2D eigenvalue weighted by Crippen LogP contribution is 2.21. The van der Waals surface area contributed by atoms with Crippen molar-refractivity contribution < 1.29 is 14.3 Å². The zero-order valence-electron chi connectivity index (χ0n) is 16.4. The molecule has 0 radical (unpaired) electrons. The van der Waals surface area contributed by atoms with Crippen molar-refractivity contribution in [2.24, 2.45) is 0 Å². The van der Waals surface area contributed by atoms with Crippen LogP contribution < -0.4 is 0 Å². The van der Waals surface area contributed by atoms with Gasteiger partial charge in [0, 0.05) is 42.5 Å². The number of hydrogen-bond acceptors (Lipinski definition) is 4. The van der Waals surface area contributed by atoms with E-state index >= 15 is 0 Å². The van der Waals surface area contributed by atoms with Gasteiger partial charge in [0.05, 0.1) is 24.9 Å². The molecule has 28 heavy (non-hydrogen) atoms. The maximum atomic E-state index is 12.9. The summed E-state index contributed by atoms with van der Waals surface area (Å²) in [5.74, 6) is 0.0496. The Balaban J connectivity index is 1.72. The van der Waals surface area contributed by atoms with Gasteiger partial charge < -0.3 is 14.5 Å². The molecule has 1 saturated heterocycles. The number of rotatable bonds is 3. The minimum absolute atomic E-state index is 0.0496. The van der Waals surface area contributed by atoms with Crippen molar-refractivity contribution in [1.29, 1.82) is 0 Å². The van der Waals surface area contributed by atoms with Gasteiger partial charge in [-0.15, -0.1) is 0 Å². The van der Waals surface area contributed by atoms with E-state index in [1.54, 1.807) is 4.90 Å². The fraction of sp³-hybridized carbons (Fsp3) is 0.450. The van der Waals surface area contributed by atoms with Crippen LogP contribution in [0.3, 0.4) is 0 Å². The van der Waals surface area contributed by atoms with Gasteiger partial charge in [-0.05, 0) is 44.5 Å². The molecular weight excluding hydrogens is 380 g/mol. The summed E-state index contributed by atoms with van der Waals surface area (Å²) < 4.78 is 6.63. The summed E-state index contributed by atoms with van der Waals surface area (Å²) in [4.78, 5) is 28.1. The summed E-state index contributed by atoms with van der Waals surface area (Å²) >= 11 is 5.97. The first kappa shape index (κ1) is 20.2. The lowest BCUT2D eigenvalue weighted by atomic mass is 10.1. The first-order valence-electron chi connectivity index (χ1n) is 9.32. The number of carbonyl (C=O) groups excluding carboxylic acids is 2. The van der Waals surface area contributed by atoms with Crippen LogP contribution in [0.1, 0.15) is 23.4 Å². The lowest BCUT2D eigenvalue weighted by molar-refractivity contribution is -0.130. The van der Waals surface area contributed by atoms with Crippen molar-refractivity contribution in [3.8, 4) is 5.69 Å². The molecule has 1 aromatic carbocycles. The number of halogens is 1. The molecule has 1 aromatic heterocycles. The van der Waals surface area contributed by atoms with Crippen molar-refractivity contribution in [3.63, 3.8) is 0 Å². The molecule has 3 rings (SSSR count). The molecule has 0 aliphatic carbocycles. The Morgan fingerprint density at radius 1 is 1.07 bits per heavy atom. The molecule has 1 aliphatic rings. The van der Waals surface area contributed by atoms with Gasteiger partial charge >= 0.3 is 6.09 Å². The third-order valence-corrected chi connectivity index (χ3v) is 5.37. The van der Waals surface area contributed by atoms with Crippen LogP contribution in [0.25, 0.3) is 5.69 Å². The number of benzene rings is 1. The monoisotopic (exact) mass is 404 g/mol. The topological polar surface area (TPSA) is 67.7 Å². The van der Waals surface area contributed by atoms with Gasteiger partial charge in [-0.25, -0.2) is 9.48 Å². The van der Waals surface area contributed by atoms with E-state index in [2.05, 4.69) is 5.10 Å². The average Bonchev–Trinajstić information content (AvgIpc) is 2.87. The van der Waals surface area contributed by atoms with Crippen molar-refractivity contribution in [2.45, 2.75) is 26.7 Å². The predicted molar refractivity (Wildman–Crippen MR) is 107 cm³/mol. The van der Waals surface area contributed by atoms with E-state index in [9.17, 15) is 9.59 Å². The van der Waals surface area contributed by atoms with Gasteiger partial charge in [0.1, 0.15) is 0 Å². The fourth-order valence-electron chi connectivity index (χ4n) is 3.51. The molecule has 2 amide bonds. The van der Waals surface area contributed by atoms with Gasteiger partial charge in [0.25, 0.3) is 0 Å². The maximum Gasteiger partial charge on any atom is 0.409 e. The molecular formula is C20H25ClN4O3. The molecule has 1 fully saturated rings. The number of nitrogens with zero attached hydrogens (tertiary/aromatic N) is 4. The SMILES string of the molecule is COC(=O)N1CCCN(C(=O)Cc2c(C)nn(-c3ccc(Cl)cc3)c2C)CC1. The second-order valence-electron chi connectivity index (χ2n) is 6.91. The van der Waals surface area contributed by atoms with Crippen LogP contribution in [-0.4, -0.2) is 64.9 Å². The molecule has 150 valence electrons. The third kappa shape index (κ3) is 4.30. The molecule has 0 N–H and O–H groups in total. The highest BCUT2D eigenvalue weighted by atomic mass is 35.5. The Morgan fingerprint density at radius 2 is 1.71 bits per heavy atom. The first-order chi connectivity index (χ1) is 13.4. The quantitative estimate of drug-likeness (QED) is 0.788. The van der Waals surface area contributed by atoms with E-state index in [-0.39, 0.29) is 12.0 Å². The zero-order valence-corrected chi connectivity index (χ0v) is 17.2. The van der Waals surface area contributed by atoms with Crippen LogP contribution >= 0.6 is 11.6 Å². The molecule has 0 atom stereocenters. The number of aromatic nitrogens is 2. The van der Waals surface area contributed by atoms with Gasteiger partial charge in [-0.1, -0.05) is 11.6 Å². The Hall–Kier alpha value is -2.54. The van der Waals surface area contributed by atoms with Gasteiger partial charge in [0.15, 0.2) is 0 Å². The van der Waals surface area contributed by atoms with Crippen molar-refractivity contribution in [2.75, 3.05) is 33.3 Å². The molecule has 2 heterocycles. The van der Waals surface area contributed by atoms with Crippen LogP contribution in [0.4, 0.5) is 4.79 Å². The van der Waals surface area contributed by atoms with Crippen molar-refractivity contribution in [1.82, 2.24) is 19.6 Å². The number of methoxy groups -OCH3 is 1. The number of carbonyl (C=O) groups is 2. The van der Waals surface area contributed by atoms with E-state index < -0.39 is 0 Å². The molecule has 0 spiro atoms. The summed E-state index contributed by atoms with van der Waals surface area (Å²) in [7, 11) is 1.38. The standard InChI is InChI=1S/C20H25ClN4O3/c1-14-18(15(2)25(22-14)17-7-5-16(21)6-8-17)13-19(26)23-9-4-10-24(12-11-23)20(27)28-3/h5-8H,4,9-13H2,1-3H3. The van der Waals surface area contributed by atoms with Crippen molar-refractivity contribution in [3.05, 3.63) is 46.2 Å². The number of hydrogen-bond donors (Lipinski definition) is 0. The summed E-state index contributed by atoms with van der Waals surface area (Å²) in [5, 5.41) is 5.28. The second kappa shape index (κ2) is 8.65. The number of amides is 2. The highest BCUT2D eigenvalue weighted by molar-refractivity contribution is 6.30. The molecule has 8 heteroatoms. The Bertz CT molecular complexity index is 863. The Kier molecular flexibility index (Phi) is 6.24. The maximum absolute atomic E-state index is 12.9. The smallest absolute Gasteiger partial charge is 0.409 e. The molecule has 0 bridgehead atoms. The van der Waals surface area contributed by atoms with Crippen LogP contribution in [0.2, 0.25) is 5.02 Å². The minimum atomic E-state index is -0.342. The summed E-state index contributed by atoms with van der Waals surface area (Å²) in [6.07, 6.45) is 0.692. The van der Waals surface area contributed by atoms with E-state index in [4.69, 9.17) is 16.3 Å². The van der Waals surface area contributed by atoms with Crippen LogP contribution in [0.5, 0.6) is 0 Å². The second-order valence-corrected chi connectivity index (χ2v) is 7.34. The largest absolute Gasteiger partial charge is 0.453 e.